The van der Waals surface area contributed by atoms with Gasteiger partial charge < -0.3 is 10.2 Å². The third-order valence-electron chi connectivity index (χ3n) is 5.96. The van der Waals surface area contributed by atoms with Crippen LogP contribution in [0.4, 0.5) is 11.4 Å². The number of fused-ring (bicyclic) bond motifs is 1. The predicted octanol–water partition coefficient (Wildman–Crippen LogP) is 3.64. The lowest BCUT2D eigenvalue weighted by atomic mass is 10.1. The van der Waals surface area contributed by atoms with Gasteiger partial charge in [-0.05, 0) is 56.0 Å². The summed E-state index contributed by atoms with van der Waals surface area (Å²) in [7, 11) is -3.51. The van der Waals surface area contributed by atoms with Crippen LogP contribution < -0.4 is 10.2 Å². The molecule has 2 heterocycles. The normalized spacial score (nSPS) is 19.9. The Morgan fingerprint density at radius 2 is 1.77 bits per heavy atom. The van der Waals surface area contributed by atoms with E-state index in [1.165, 1.54) is 5.56 Å². The molecule has 0 aromatic heterocycles. The number of hydrogen-bond acceptors (Lipinski definition) is 4. The molecule has 0 unspecified atom stereocenters. The van der Waals surface area contributed by atoms with Crippen LogP contribution in [0.25, 0.3) is 0 Å². The lowest BCUT2D eigenvalue weighted by Crippen LogP contribution is -2.39. The summed E-state index contributed by atoms with van der Waals surface area (Å²) in [5.74, 6) is -0.0202. The van der Waals surface area contributed by atoms with Crippen molar-refractivity contribution in [2.75, 3.05) is 29.9 Å². The molecule has 2 aliphatic heterocycles. The van der Waals surface area contributed by atoms with Crippen LogP contribution in [0.5, 0.6) is 0 Å². The van der Waals surface area contributed by atoms with Crippen molar-refractivity contribution < 1.29 is 13.2 Å². The van der Waals surface area contributed by atoms with Gasteiger partial charge in [0.25, 0.3) is 0 Å². The van der Waals surface area contributed by atoms with Gasteiger partial charge in [-0.15, -0.1) is 0 Å². The fraction of sp³-hybridized carbons (Fsp3) is 0.435. The maximum Gasteiger partial charge on any atom is 0.246 e. The van der Waals surface area contributed by atoms with Crippen molar-refractivity contribution in [3.05, 3.63) is 54.1 Å². The molecule has 1 N–H and O–H groups in total. The summed E-state index contributed by atoms with van der Waals surface area (Å²) in [6, 6.07) is 14.9. The van der Waals surface area contributed by atoms with Crippen molar-refractivity contribution in [3.8, 4) is 0 Å². The van der Waals surface area contributed by atoms with Gasteiger partial charge >= 0.3 is 0 Å². The molecule has 7 heteroatoms. The summed E-state index contributed by atoms with van der Waals surface area (Å²) < 4.78 is 27.7. The monoisotopic (exact) mass is 427 g/mol. The Morgan fingerprint density at radius 1 is 1.03 bits per heavy atom. The number of anilines is 2. The first-order valence-corrected chi connectivity index (χ1v) is 12.1. The lowest BCUT2D eigenvalue weighted by molar-refractivity contribution is -0.117. The lowest BCUT2D eigenvalue weighted by Gasteiger charge is -2.23. The molecular weight excluding hydrogens is 398 g/mol. The van der Waals surface area contributed by atoms with Gasteiger partial charge in [0, 0.05) is 30.5 Å². The molecule has 1 atom stereocenters. The van der Waals surface area contributed by atoms with E-state index in [2.05, 4.69) is 11.4 Å². The molecule has 6 nitrogen and oxygen atoms in total. The highest BCUT2D eigenvalue weighted by Gasteiger charge is 2.30. The van der Waals surface area contributed by atoms with Gasteiger partial charge in [-0.1, -0.05) is 37.1 Å². The van der Waals surface area contributed by atoms with E-state index in [4.69, 9.17) is 0 Å². The van der Waals surface area contributed by atoms with Crippen molar-refractivity contribution in [1.82, 2.24) is 4.31 Å². The van der Waals surface area contributed by atoms with Crippen molar-refractivity contribution in [3.63, 3.8) is 0 Å². The fourth-order valence-electron chi connectivity index (χ4n) is 4.41. The zero-order chi connectivity index (χ0) is 21.1. The summed E-state index contributed by atoms with van der Waals surface area (Å²) >= 11 is 0. The SMILES string of the molecule is C[C@@H]1Cc2ccccc2N1C(=O)CNc1cccc(S(=O)(=O)N2CCCCCC2)c1. The molecule has 1 fully saturated rings. The van der Waals surface area contributed by atoms with E-state index >= 15 is 0 Å². The van der Waals surface area contributed by atoms with Crippen LogP contribution in [-0.4, -0.2) is 44.3 Å². The minimum absolute atomic E-state index is 0.0202. The Hall–Kier alpha value is -2.38. The molecule has 1 amide bonds. The van der Waals surface area contributed by atoms with E-state index in [0.29, 0.717) is 18.8 Å². The van der Waals surface area contributed by atoms with Crippen LogP contribution in [0.1, 0.15) is 38.2 Å². The minimum atomic E-state index is -3.51. The van der Waals surface area contributed by atoms with Gasteiger partial charge in [0.15, 0.2) is 0 Å². The van der Waals surface area contributed by atoms with Gasteiger partial charge in [-0.25, -0.2) is 8.42 Å². The second-order valence-corrected chi connectivity index (χ2v) is 10.1. The molecule has 160 valence electrons. The Kier molecular flexibility index (Phi) is 6.11. The standard InChI is InChI=1S/C23H29N3O3S/c1-18-15-19-9-4-5-12-22(19)26(18)23(27)17-24-20-10-8-11-21(16-20)30(28,29)25-13-6-2-3-7-14-25/h4-5,8-12,16,18,24H,2-3,6-7,13-15,17H2,1H3/t18-/m1/s1. The molecule has 2 aliphatic rings. The Labute approximate surface area is 178 Å². The number of nitrogens with one attached hydrogen (secondary N) is 1. The van der Waals surface area contributed by atoms with E-state index in [-0.39, 0.29) is 23.4 Å². The number of amides is 1. The first-order chi connectivity index (χ1) is 14.5. The zero-order valence-electron chi connectivity index (χ0n) is 17.4. The smallest absolute Gasteiger partial charge is 0.246 e. The van der Waals surface area contributed by atoms with Crippen LogP contribution in [0.15, 0.2) is 53.4 Å². The summed E-state index contributed by atoms with van der Waals surface area (Å²) in [6.07, 6.45) is 4.81. The quantitative estimate of drug-likeness (QED) is 0.791. The van der Waals surface area contributed by atoms with E-state index in [1.54, 1.807) is 28.6 Å². The minimum Gasteiger partial charge on any atom is -0.376 e. The summed E-state index contributed by atoms with van der Waals surface area (Å²) in [5, 5.41) is 3.13. The molecule has 2 aromatic carbocycles. The average Bonchev–Trinajstić information content (AvgIpc) is 2.91. The van der Waals surface area contributed by atoms with Crippen LogP contribution >= 0.6 is 0 Å². The predicted molar refractivity (Wildman–Crippen MR) is 119 cm³/mol. The van der Waals surface area contributed by atoms with Gasteiger partial charge in [0.2, 0.25) is 15.9 Å². The van der Waals surface area contributed by atoms with Crippen LogP contribution in [0.3, 0.4) is 0 Å². The number of benzene rings is 2. The van der Waals surface area contributed by atoms with E-state index in [1.807, 2.05) is 30.0 Å². The molecule has 0 aliphatic carbocycles. The molecule has 2 aromatic rings. The first kappa shape index (κ1) is 20.9. The van der Waals surface area contributed by atoms with Gasteiger partial charge in [-0.3, -0.25) is 4.79 Å². The molecule has 0 saturated carbocycles. The molecule has 0 radical (unpaired) electrons. The number of carbonyl (C=O) groups excluding carboxylic acids is 1. The Bertz CT molecular complexity index is 1010. The topological polar surface area (TPSA) is 69.7 Å². The number of carbonyl (C=O) groups is 1. The number of rotatable bonds is 5. The Morgan fingerprint density at radius 3 is 2.53 bits per heavy atom. The molecular formula is C23H29N3O3S. The second-order valence-electron chi connectivity index (χ2n) is 8.15. The van der Waals surface area contributed by atoms with Gasteiger partial charge in [0.05, 0.1) is 11.4 Å². The second kappa shape index (κ2) is 8.78. The van der Waals surface area contributed by atoms with Crippen molar-refractivity contribution in [2.24, 2.45) is 0 Å². The molecule has 4 rings (SSSR count). The molecule has 30 heavy (non-hydrogen) atoms. The summed E-state index contributed by atoms with van der Waals surface area (Å²) in [5.41, 5.74) is 2.79. The Balaban J connectivity index is 1.45. The van der Waals surface area contributed by atoms with Crippen LogP contribution in [0.2, 0.25) is 0 Å². The maximum atomic E-state index is 13.0. The van der Waals surface area contributed by atoms with Crippen molar-refractivity contribution >= 4 is 27.3 Å². The largest absolute Gasteiger partial charge is 0.376 e. The average molecular weight is 428 g/mol. The molecule has 0 bridgehead atoms. The van der Waals surface area contributed by atoms with Crippen molar-refractivity contribution in [1.29, 1.82) is 0 Å². The summed E-state index contributed by atoms with van der Waals surface area (Å²) in [6.45, 7) is 3.31. The van der Waals surface area contributed by atoms with Crippen LogP contribution in [-0.2, 0) is 21.2 Å². The van der Waals surface area contributed by atoms with E-state index in [0.717, 1.165) is 37.8 Å². The van der Waals surface area contributed by atoms with Crippen LogP contribution in [0, 0.1) is 0 Å². The van der Waals surface area contributed by atoms with Crippen molar-refractivity contribution in [2.45, 2.75) is 50.0 Å². The fourth-order valence-corrected chi connectivity index (χ4v) is 5.97. The third-order valence-corrected chi connectivity index (χ3v) is 7.85. The highest BCUT2D eigenvalue weighted by molar-refractivity contribution is 7.89. The van der Waals surface area contributed by atoms with E-state index < -0.39 is 10.0 Å². The third kappa shape index (κ3) is 4.23. The first-order valence-electron chi connectivity index (χ1n) is 10.7. The zero-order valence-corrected chi connectivity index (χ0v) is 18.2. The number of nitrogens with zero attached hydrogens (tertiary/aromatic N) is 2. The van der Waals surface area contributed by atoms with Gasteiger partial charge in [0.1, 0.15) is 0 Å². The number of sulfonamides is 1. The number of para-hydroxylation sites is 1. The number of hydrogen-bond donors (Lipinski definition) is 1. The highest BCUT2D eigenvalue weighted by atomic mass is 32.2. The van der Waals surface area contributed by atoms with Gasteiger partial charge in [-0.2, -0.15) is 4.31 Å². The highest BCUT2D eigenvalue weighted by Crippen LogP contribution is 2.32. The summed E-state index contributed by atoms with van der Waals surface area (Å²) in [4.78, 5) is 15.0. The van der Waals surface area contributed by atoms with E-state index in [9.17, 15) is 13.2 Å². The molecule has 0 spiro atoms. The maximum absolute atomic E-state index is 13.0. The molecule has 1 saturated heterocycles.